The Morgan fingerprint density at radius 3 is 0.833 bits per heavy atom. The Hall–Kier alpha value is -7.02. The average molecular weight is 689 g/mol. The molecule has 0 heteroatoms. The van der Waals surface area contributed by atoms with Gasteiger partial charge in [-0.05, 0) is 102 Å². The van der Waals surface area contributed by atoms with E-state index in [0.717, 1.165) is 22.3 Å². The number of rotatable bonds is 10. The van der Waals surface area contributed by atoms with Gasteiger partial charge in [0.15, 0.2) is 0 Å². The number of hydrogen-bond acceptors (Lipinski definition) is 0. The van der Waals surface area contributed by atoms with Crippen LogP contribution in [0.15, 0.2) is 206 Å². The first-order chi connectivity index (χ1) is 26.8. The van der Waals surface area contributed by atoms with Crippen molar-refractivity contribution in [2.75, 3.05) is 0 Å². The molecule has 0 amide bonds. The van der Waals surface area contributed by atoms with Crippen molar-refractivity contribution >= 4 is 58.4 Å². The SMILES string of the molecule is C(=Cc1cc2ccccc2cc1C=Cc1ccccc1C=C(c1ccccc1)c1ccccc1)c1ccccc1C=C(c1ccccc1)c1ccccc1. The van der Waals surface area contributed by atoms with E-state index >= 15 is 0 Å². The van der Waals surface area contributed by atoms with Crippen LogP contribution in [-0.2, 0) is 0 Å². The summed E-state index contributed by atoms with van der Waals surface area (Å²) in [5.74, 6) is 0. The van der Waals surface area contributed by atoms with Gasteiger partial charge in [0, 0.05) is 0 Å². The van der Waals surface area contributed by atoms with Crippen LogP contribution in [0.1, 0.15) is 55.6 Å². The minimum Gasteiger partial charge on any atom is -0.0622 e. The molecular weight excluding hydrogens is 649 g/mol. The van der Waals surface area contributed by atoms with Crippen LogP contribution in [0, 0.1) is 0 Å². The van der Waals surface area contributed by atoms with Gasteiger partial charge in [0.25, 0.3) is 0 Å². The summed E-state index contributed by atoms with van der Waals surface area (Å²) in [4.78, 5) is 0. The van der Waals surface area contributed by atoms with Crippen molar-refractivity contribution in [1.29, 1.82) is 0 Å². The van der Waals surface area contributed by atoms with Crippen LogP contribution in [0.5, 0.6) is 0 Å². The maximum absolute atomic E-state index is 2.31. The monoisotopic (exact) mass is 688 g/mol. The van der Waals surface area contributed by atoms with E-state index in [1.807, 2.05) is 0 Å². The molecule has 0 fully saturated rings. The van der Waals surface area contributed by atoms with Crippen molar-refractivity contribution in [3.05, 3.63) is 262 Å². The zero-order chi connectivity index (χ0) is 36.4. The lowest BCUT2D eigenvalue weighted by Gasteiger charge is -2.11. The molecule has 256 valence electrons. The quantitative estimate of drug-likeness (QED) is 0.125. The zero-order valence-corrected chi connectivity index (χ0v) is 30.1. The van der Waals surface area contributed by atoms with Crippen LogP contribution in [0.25, 0.3) is 58.4 Å². The van der Waals surface area contributed by atoms with E-state index in [1.54, 1.807) is 0 Å². The summed E-state index contributed by atoms with van der Waals surface area (Å²) < 4.78 is 0. The van der Waals surface area contributed by atoms with Crippen LogP contribution in [-0.4, -0.2) is 0 Å². The predicted octanol–water partition coefficient (Wildman–Crippen LogP) is 14.4. The van der Waals surface area contributed by atoms with E-state index in [-0.39, 0.29) is 0 Å². The predicted molar refractivity (Wildman–Crippen MR) is 234 cm³/mol. The number of hydrogen-bond donors (Lipinski definition) is 0. The van der Waals surface area contributed by atoms with Crippen LogP contribution < -0.4 is 0 Å². The van der Waals surface area contributed by atoms with Gasteiger partial charge in [-0.1, -0.05) is 218 Å². The first-order valence-electron chi connectivity index (χ1n) is 18.5. The topological polar surface area (TPSA) is 0 Å². The fourth-order valence-corrected chi connectivity index (χ4v) is 6.96. The molecule has 0 aromatic heterocycles. The summed E-state index contributed by atoms with van der Waals surface area (Å²) in [6.07, 6.45) is 13.7. The Kier molecular flexibility index (Phi) is 10.4. The average Bonchev–Trinajstić information content (AvgIpc) is 3.25. The lowest BCUT2D eigenvalue weighted by atomic mass is 9.93. The summed E-state index contributed by atoms with van der Waals surface area (Å²) in [7, 11) is 0. The fraction of sp³-hybridized carbons (Fsp3) is 0. The molecule has 0 nitrogen and oxygen atoms in total. The smallest absolute Gasteiger partial charge is 0.0105 e. The van der Waals surface area contributed by atoms with Crippen molar-refractivity contribution in [3.63, 3.8) is 0 Å². The third kappa shape index (κ3) is 8.05. The fourth-order valence-electron chi connectivity index (χ4n) is 6.96. The van der Waals surface area contributed by atoms with Gasteiger partial charge < -0.3 is 0 Å². The Morgan fingerprint density at radius 1 is 0.241 bits per heavy atom. The molecule has 54 heavy (non-hydrogen) atoms. The summed E-state index contributed by atoms with van der Waals surface area (Å²) in [5.41, 5.74) is 14.2. The molecule has 0 radical (unpaired) electrons. The number of benzene rings is 8. The Labute approximate surface area is 319 Å². The Bertz CT molecular complexity index is 2340. The van der Waals surface area contributed by atoms with E-state index in [9.17, 15) is 0 Å². The van der Waals surface area contributed by atoms with Crippen molar-refractivity contribution in [2.45, 2.75) is 0 Å². The molecule has 0 atom stereocenters. The molecule has 0 spiro atoms. The number of fused-ring (bicyclic) bond motifs is 1. The molecule has 0 saturated heterocycles. The van der Waals surface area contributed by atoms with E-state index < -0.39 is 0 Å². The van der Waals surface area contributed by atoms with Crippen molar-refractivity contribution < 1.29 is 0 Å². The zero-order valence-electron chi connectivity index (χ0n) is 30.1. The van der Waals surface area contributed by atoms with Gasteiger partial charge in [-0.15, -0.1) is 0 Å². The molecular formula is C54H40. The van der Waals surface area contributed by atoms with Gasteiger partial charge in [0.05, 0.1) is 0 Å². The maximum Gasteiger partial charge on any atom is -0.0105 e. The molecule has 0 N–H and O–H groups in total. The summed E-state index contributed by atoms with van der Waals surface area (Å²) >= 11 is 0. The second-order valence-corrected chi connectivity index (χ2v) is 13.3. The van der Waals surface area contributed by atoms with E-state index in [1.165, 1.54) is 55.3 Å². The first-order valence-corrected chi connectivity index (χ1v) is 18.5. The highest BCUT2D eigenvalue weighted by Crippen LogP contribution is 2.31. The highest BCUT2D eigenvalue weighted by atomic mass is 14.1. The standard InChI is InChI=1S/C54H40/c1-5-21-43(22-6-1)53(44-23-7-2-8-24-44)39-49-31-15-13-19-41(49)33-35-51-37-47-29-17-18-30-48(47)38-52(51)36-34-42-20-14-16-32-50(42)40-54(45-25-9-3-10-26-45)46-27-11-4-12-28-46/h1-40H. The van der Waals surface area contributed by atoms with E-state index in [4.69, 9.17) is 0 Å². The van der Waals surface area contributed by atoms with Gasteiger partial charge in [-0.25, -0.2) is 0 Å². The third-order valence-electron chi connectivity index (χ3n) is 9.77. The molecule has 0 saturated carbocycles. The maximum atomic E-state index is 2.31. The molecule has 0 bridgehead atoms. The molecule has 0 aliphatic rings. The van der Waals surface area contributed by atoms with Crippen molar-refractivity contribution in [3.8, 4) is 0 Å². The van der Waals surface area contributed by atoms with Gasteiger partial charge in [-0.2, -0.15) is 0 Å². The van der Waals surface area contributed by atoms with E-state index in [0.29, 0.717) is 0 Å². The summed E-state index contributed by atoms with van der Waals surface area (Å²) in [6.45, 7) is 0. The molecule has 8 aromatic carbocycles. The lowest BCUT2D eigenvalue weighted by molar-refractivity contribution is 1.54. The van der Waals surface area contributed by atoms with E-state index in [2.05, 4.69) is 243 Å². The van der Waals surface area contributed by atoms with Gasteiger partial charge in [0.1, 0.15) is 0 Å². The molecule has 0 aliphatic heterocycles. The van der Waals surface area contributed by atoms with Crippen molar-refractivity contribution in [1.82, 2.24) is 0 Å². The molecule has 8 rings (SSSR count). The highest BCUT2D eigenvalue weighted by Gasteiger charge is 2.09. The minimum atomic E-state index is 1.16. The third-order valence-corrected chi connectivity index (χ3v) is 9.77. The van der Waals surface area contributed by atoms with Crippen LogP contribution >= 0.6 is 0 Å². The second kappa shape index (κ2) is 16.5. The largest absolute Gasteiger partial charge is 0.0622 e. The molecule has 8 aromatic rings. The van der Waals surface area contributed by atoms with Crippen molar-refractivity contribution in [2.24, 2.45) is 0 Å². The molecule has 0 aliphatic carbocycles. The highest BCUT2D eigenvalue weighted by molar-refractivity contribution is 5.96. The molecule has 0 unspecified atom stereocenters. The van der Waals surface area contributed by atoms with Gasteiger partial charge in [0.2, 0.25) is 0 Å². The summed E-state index contributed by atoms with van der Waals surface area (Å²) in [5, 5.41) is 2.44. The van der Waals surface area contributed by atoms with Gasteiger partial charge in [-0.3, -0.25) is 0 Å². The normalized spacial score (nSPS) is 11.2. The summed E-state index contributed by atoms with van der Waals surface area (Å²) in [6, 6.07) is 73.1. The lowest BCUT2D eigenvalue weighted by Crippen LogP contribution is -1.90. The van der Waals surface area contributed by atoms with Gasteiger partial charge >= 0.3 is 0 Å². The Morgan fingerprint density at radius 2 is 0.500 bits per heavy atom. The Balaban J connectivity index is 1.19. The minimum absolute atomic E-state index is 1.16. The first kappa shape index (κ1) is 34.1. The van der Waals surface area contributed by atoms with Crippen LogP contribution in [0.2, 0.25) is 0 Å². The van der Waals surface area contributed by atoms with Crippen LogP contribution in [0.4, 0.5) is 0 Å². The second-order valence-electron chi connectivity index (χ2n) is 13.3. The van der Waals surface area contributed by atoms with Crippen LogP contribution in [0.3, 0.4) is 0 Å². The molecule has 0 heterocycles.